The second-order valence-corrected chi connectivity index (χ2v) is 5.26. The molecular formula is C6H12NO5P. The molecule has 0 saturated heterocycles. The van der Waals surface area contributed by atoms with Gasteiger partial charge in [0.25, 0.3) is 5.91 Å². The molecule has 0 aliphatic carbocycles. The number of hydroxylamine groups is 2. The Kier molecular flexibility index (Phi) is 4.26. The van der Waals surface area contributed by atoms with Crippen molar-refractivity contribution in [2.24, 2.45) is 0 Å². The zero-order valence-corrected chi connectivity index (χ0v) is 8.32. The Labute approximate surface area is 75.6 Å². The molecule has 76 valence electrons. The molecule has 1 amide bonds. The molecule has 0 heterocycles. The van der Waals surface area contributed by atoms with Gasteiger partial charge in [0.05, 0.1) is 12.6 Å². The highest BCUT2D eigenvalue weighted by atomic mass is 31.2. The van der Waals surface area contributed by atoms with Crippen LogP contribution in [0.5, 0.6) is 0 Å². The summed E-state index contributed by atoms with van der Waals surface area (Å²) in [7, 11) is -2.33. The summed E-state index contributed by atoms with van der Waals surface area (Å²) < 4.78 is 10.7. The molecule has 2 N–H and O–H groups in total. The van der Waals surface area contributed by atoms with Crippen LogP contribution < -0.4 is 0 Å². The molecule has 7 heteroatoms. The summed E-state index contributed by atoms with van der Waals surface area (Å²) in [5.41, 5.74) is 0. The smallest absolute Gasteiger partial charge is 0.253 e. The maximum absolute atomic E-state index is 10.9. The van der Waals surface area contributed by atoms with Crippen LogP contribution in [0, 0.1) is 0 Å². The van der Waals surface area contributed by atoms with Gasteiger partial charge in [0.2, 0.25) is 7.37 Å². The van der Waals surface area contributed by atoms with Crippen LogP contribution in [0.25, 0.3) is 0 Å². The fourth-order valence-corrected chi connectivity index (χ4v) is 1.43. The van der Waals surface area contributed by atoms with Crippen LogP contribution in [0.1, 0.15) is 6.42 Å². The van der Waals surface area contributed by atoms with Gasteiger partial charge in [-0.05, 0) is 0 Å². The minimum absolute atomic E-state index is 0.274. The third-order valence-corrected chi connectivity index (χ3v) is 2.12. The van der Waals surface area contributed by atoms with Gasteiger partial charge in [-0.2, -0.15) is 0 Å². The van der Waals surface area contributed by atoms with E-state index in [1.165, 1.54) is 0 Å². The maximum Gasteiger partial charge on any atom is 0.253 e. The van der Waals surface area contributed by atoms with E-state index < -0.39 is 31.6 Å². The number of carbonyl (C=O) groups excluding carboxylic acids is 2. The normalized spacial score (nSPS) is 14.8. The molecule has 13 heavy (non-hydrogen) atoms. The van der Waals surface area contributed by atoms with Gasteiger partial charge < -0.3 is 4.89 Å². The highest BCUT2D eigenvalue weighted by molar-refractivity contribution is 7.58. The van der Waals surface area contributed by atoms with Crippen molar-refractivity contribution < 1.29 is 24.3 Å². The zero-order chi connectivity index (χ0) is 10.6. The van der Waals surface area contributed by atoms with Crippen LogP contribution in [0.4, 0.5) is 0 Å². The Morgan fingerprint density at radius 2 is 1.92 bits per heavy atom. The van der Waals surface area contributed by atoms with E-state index in [1.54, 1.807) is 0 Å². The van der Waals surface area contributed by atoms with Crippen LogP contribution in [0.3, 0.4) is 0 Å². The summed E-state index contributed by atoms with van der Waals surface area (Å²) in [6, 6.07) is 0. The van der Waals surface area contributed by atoms with Gasteiger partial charge in [0.1, 0.15) is 0 Å². The number of rotatable bonds is 4. The van der Waals surface area contributed by atoms with Crippen LogP contribution in [0.15, 0.2) is 0 Å². The molecule has 0 radical (unpaired) electrons. The summed E-state index contributed by atoms with van der Waals surface area (Å²) >= 11 is 0. The van der Waals surface area contributed by atoms with E-state index in [2.05, 4.69) is 0 Å². The van der Waals surface area contributed by atoms with E-state index in [1.807, 2.05) is 0 Å². The van der Waals surface area contributed by atoms with E-state index in [4.69, 9.17) is 10.1 Å². The summed E-state index contributed by atoms with van der Waals surface area (Å²) in [5.74, 6) is -1.45. The molecule has 0 fully saturated rings. The van der Waals surface area contributed by atoms with Crippen molar-refractivity contribution in [3.63, 3.8) is 0 Å². The number of Topliss-reactive ketones (excluding diaryl/α,β-unsaturated/α-hetero) is 1. The summed E-state index contributed by atoms with van der Waals surface area (Å²) in [4.78, 5) is 30.4. The monoisotopic (exact) mass is 209 g/mol. The Balaban J connectivity index is 4.04. The predicted molar refractivity (Wildman–Crippen MR) is 44.8 cm³/mol. The second kappa shape index (κ2) is 4.50. The third-order valence-electron chi connectivity index (χ3n) is 1.18. The summed E-state index contributed by atoms with van der Waals surface area (Å²) in [6.07, 6.45) is -1.09. The molecule has 0 aliphatic heterocycles. The molecule has 0 bridgehead atoms. The molecule has 0 aliphatic rings. The van der Waals surface area contributed by atoms with Crippen LogP contribution in [-0.4, -0.2) is 46.7 Å². The van der Waals surface area contributed by atoms with Crippen LogP contribution in [-0.2, 0) is 14.2 Å². The first kappa shape index (κ1) is 12.3. The van der Waals surface area contributed by atoms with Gasteiger partial charge in [0.15, 0.2) is 5.78 Å². The lowest BCUT2D eigenvalue weighted by Gasteiger charge is -2.08. The van der Waals surface area contributed by atoms with E-state index in [-0.39, 0.29) is 5.06 Å². The number of amides is 1. The highest BCUT2D eigenvalue weighted by Crippen LogP contribution is 2.34. The molecule has 0 aromatic carbocycles. The predicted octanol–water partition coefficient (Wildman–Crippen LogP) is -0.307. The van der Waals surface area contributed by atoms with E-state index >= 15 is 0 Å². The lowest BCUT2D eigenvalue weighted by Crippen LogP contribution is -2.25. The largest absolute Gasteiger partial charge is 0.344 e. The average Bonchev–Trinajstić information content (AvgIpc) is 1.81. The van der Waals surface area contributed by atoms with Gasteiger partial charge in [-0.3, -0.25) is 19.4 Å². The zero-order valence-electron chi connectivity index (χ0n) is 7.43. The summed E-state index contributed by atoms with van der Waals surface area (Å²) in [6.45, 7) is 1.04. The standard InChI is InChI=1S/C6H12NO5P/c1-7(10)6(9)3-5(8)4-13(2,11)12/h10H,3-4H2,1-2H3,(H,11,12). The SMILES string of the molecule is CN(O)C(=O)CC(=O)CP(C)(=O)O. The number of hydrogen-bond acceptors (Lipinski definition) is 4. The molecule has 1 atom stereocenters. The Morgan fingerprint density at radius 3 is 2.23 bits per heavy atom. The van der Waals surface area contributed by atoms with Gasteiger partial charge in [-0.25, -0.2) is 5.06 Å². The Bertz CT molecular complexity index is 256. The number of carbonyl (C=O) groups is 2. The highest BCUT2D eigenvalue weighted by Gasteiger charge is 2.19. The fraction of sp³-hybridized carbons (Fsp3) is 0.667. The van der Waals surface area contributed by atoms with Crippen molar-refractivity contribution in [2.75, 3.05) is 19.9 Å². The maximum atomic E-state index is 10.9. The Hall–Kier alpha value is -0.710. The van der Waals surface area contributed by atoms with Gasteiger partial charge >= 0.3 is 0 Å². The van der Waals surface area contributed by atoms with Crippen LogP contribution >= 0.6 is 7.37 Å². The number of nitrogens with zero attached hydrogens (tertiary/aromatic N) is 1. The quantitative estimate of drug-likeness (QED) is 0.286. The lowest BCUT2D eigenvalue weighted by atomic mass is 10.3. The first-order chi connectivity index (χ1) is 5.72. The van der Waals surface area contributed by atoms with E-state index in [0.717, 1.165) is 13.7 Å². The minimum Gasteiger partial charge on any atom is -0.344 e. The molecule has 0 rings (SSSR count). The molecule has 0 saturated carbocycles. The second-order valence-electron chi connectivity index (χ2n) is 2.84. The van der Waals surface area contributed by atoms with Gasteiger partial charge in [-0.15, -0.1) is 0 Å². The van der Waals surface area contributed by atoms with Crippen molar-refractivity contribution in [2.45, 2.75) is 6.42 Å². The minimum atomic E-state index is -3.41. The molecule has 6 nitrogen and oxygen atoms in total. The average molecular weight is 209 g/mol. The van der Waals surface area contributed by atoms with E-state index in [9.17, 15) is 14.2 Å². The fourth-order valence-electron chi connectivity index (χ4n) is 0.666. The molecule has 1 unspecified atom stereocenters. The van der Waals surface area contributed by atoms with Crippen molar-refractivity contribution in [3.05, 3.63) is 0 Å². The molecule has 0 spiro atoms. The first-order valence-corrected chi connectivity index (χ1v) is 5.78. The Morgan fingerprint density at radius 1 is 1.46 bits per heavy atom. The summed E-state index contributed by atoms with van der Waals surface area (Å²) in [5, 5.41) is 8.84. The molecule has 0 aromatic heterocycles. The third kappa shape index (κ3) is 6.45. The first-order valence-electron chi connectivity index (χ1n) is 3.49. The lowest BCUT2D eigenvalue weighted by molar-refractivity contribution is -0.160. The topological polar surface area (TPSA) is 94.9 Å². The van der Waals surface area contributed by atoms with Crippen LogP contribution in [0.2, 0.25) is 0 Å². The van der Waals surface area contributed by atoms with Crippen molar-refractivity contribution >= 4 is 19.1 Å². The number of ketones is 1. The number of hydrogen-bond donors (Lipinski definition) is 2. The molecule has 0 aromatic rings. The van der Waals surface area contributed by atoms with Crippen molar-refractivity contribution in [3.8, 4) is 0 Å². The van der Waals surface area contributed by atoms with Gasteiger partial charge in [-0.1, -0.05) is 0 Å². The van der Waals surface area contributed by atoms with Gasteiger partial charge in [0, 0.05) is 13.7 Å². The molecular weight excluding hydrogens is 197 g/mol. The van der Waals surface area contributed by atoms with Crippen molar-refractivity contribution in [1.29, 1.82) is 0 Å². The van der Waals surface area contributed by atoms with Crippen molar-refractivity contribution in [1.82, 2.24) is 5.06 Å². The van der Waals surface area contributed by atoms with E-state index in [0.29, 0.717) is 0 Å².